The largest absolute Gasteiger partial charge is 0.276 e. The highest BCUT2D eigenvalue weighted by Crippen LogP contribution is 2.21. The zero-order chi connectivity index (χ0) is 32.1. The second kappa shape index (κ2) is 15.0. The Balaban J connectivity index is 1.44. The lowest BCUT2D eigenvalue weighted by Gasteiger charge is -2.06. The summed E-state index contributed by atoms with van der Waals surface area (Å²) in [5.74, 6) is 0.476. The fourth-order valence-corrected chi connectivity index (χ4v) is 3.81. The number of para-hydroxylation sites is 2. The molecular weight excluding hydrogens is 588 g/mol. The molecule has 14 nitrogen and oxygen atoms in total. The van der Waals surface area contributed by atoms with E-state index in [9.17, 15) is 20.2 Å². The number of non-ortho nitro benzene ring substituents is 2. The van der Waals surface area contributed by atoms with Crippen molar-refractivity contribution in [2.75, 3.05) is 10.9 Å². The number of hydrazone groups is 2. The van der Waals surface area contributed by atoms with E-state index in [0.29, 0.717) is 22.5 Å². The van der Waals surface area contributed by atoms with Gasteiger partial charge in [-0.3, -0.25) is 31.1 Å². The molecule has 0 unspecified atom stereocenters. The second-order valence-electron chi connectivity index (χ2n) is 9.35. The van der Waals surface area contributed by atoms with E-state index in [4.69, 9.17) is 0 Å². The summed E-state index contributed by atoms with van der Waals surface area (Å²) in [7, 11) is 0. The van der Waals surface area contributed by atoms with Crippen molar-refractivity contribution in [3.63, 3.8) is 0 Å². The minimum Gasteiger partial charge on any atom is -0.276 e. The van der Waals surface area contributed by atoms with Crippen molar-refractivity contribution < 1.29 is 9.85 Å². The summed E-state index contributed by atoms with van der Waals surface area (Å²) in [4.78, 5) is 21.0. The number of nitrogens with one attached hydrogen (secondary N) is 2. The number of azo groups is 2. The number of amidine groups is 2. The molecule has 0 saturated heterocycles. The van der Waals surface area contributed by atoms with Gasteiger partial charge < -0.3 is 0 Å². The molecule has 0 amide bonds. The fourth-order valence-electron chi connectivity index (χ4n) is 3.81. The van der Waals surface area contributed by atoms with E-state index >= 15 is 0 Å². The summed E-state index contributed by atoms with van der Waals surface area (Å²) in [6.07, 6.45) is 0. The van der Waals surface area contributed by atoms with Crippen molar-refractivity contribution in [2.24, 2.45) is 30.7 Å². The van der Waals surface area contributed by atoms with Crippen LogP contribution in [-0.4, -0.2) is 21.5 Å². The molecular formula is C32H24N10O4. The van der Waals surface area contributed by atoms with Crippen molar-refractivity contribution >= 4 is 45.8 Å². The van der Waals surface area contributed by atoms with Crippen LogP contribution >= 0.6 is 0 Å². The molecule has 0 spiro atoms. The average Bonchev–Trinajstić information content (AvgIpc) is 3.10. The smallest absolute Gasteiger partial charge is 0.269 e. The Morgan fingerprint density at radius 1 is 0.478 bits per heavy atom. The SMILES string of the molecule is O=[N+]([O-])c1ccc(N=NC(=NNc2ccccc2)c2ccc(C(N=Nc3ccc([N+](=O)[O-])cc3)=NNc3ccccc3)cc2)cc1. The van der Waals surface area contributed by atoms with Crippen molar-refractivity contribution in [3.05, 3.63) is 165 Å². The van der Waals surface area contributed by atoms with Gasteiger partial charge in [0, 0.05) is 35.4 Å². The van der Waals surface area contributed by atoms with Gasteiger partial charge in [-0.15, -0.1) is 20.5 Å². The molecule has 0 radical (unpaired) electrons. The van der Waals surface area contributed by atoms with Crippen molar-refractivity contribution in [1.82, 2.24) is 0 Å². The van der Waals surface area contributed by atoms with Crippen LogP contribution < -0.4 is 10.9 Å². The monoisotopic (exact) mass is 612 g/mol. The molecule has 0 aliphatic rings. The van der Waals surface area contributed by atoms with Crippen LogP contribution in [0.5, 0.6) is 0 Å². The Hall–Kier alpha value is -6.96. The van der Waals surface area contributed by atoms with Gasteiger partial charge in [-0.05, 0) is 48.5 Å². The van der Waals surface area contributed by atoms with Crippen LogP contribution in [-0.2, 0) is 0 Å². The summed E-state index contributed by atoms with van der Waals surface area (Å²) in [5.41, 5.74) is 9.29. The molecule has 5 rings (SSSR count). The number of anilines is 2. The van der Waals surface area contributed by atoms with Crippen LogP contribution in [0, 0.1) is 20.2 Å². The highest BCUT2D eigenvalue weighted by Gasteiger charge is 2.10. The van der Waals surface area contributed by atoms with Gasteiger partial charge in [0.1, 0.15) is 0 Å². The third kappa shape index (κ3) is 8.54. The van der Waals surface area contributed by atoms with Crippen LogP contribution in [0.4, 0.5) is 34.1 Å². The van der Waals surface area contributed by atoms with Gasteiger partial charge in [-0.2, -0.15) is 10.2 Å². The zero-order valence-corrected chi connectivity index (χ0v) is 23.9. The van der Waals surface area contributed by atoms with E-state index in [0.717, 1.165) is 11.4 Å². The van der Waals surface area contributed by atoms with Crippen LogP contribution in [0.3, 0.4) is 0 Å². The fraction of sp³-hybridized carbons (Fsp3) is 0. The lowest BCUT2D eigenvalue weighted by atomic mass is 10.1. The second-order valence-corrected chi connectivity index (χ2v) is 9.35. The summed E-state index contributed by atoms with van der Waals surface area (Å²) < 4.78 is 0. The van der Waals surface area contributed by atoms with Gasteiger partial charge >= 0.3 is 0 Å². The first-order valence-electron chi connectivity index (χ1n) is 13.7. The van der Waals surface area contributed by atoms with Crippen LogP contribution in [0.2, 0.25) is 0 Å². The quantitative estimate of drug-likeness (QED) is 0.0522. The molecule has 0 bridgehead atoms. The molecule has 0 heterocycles. The van der Waals surface area contributed by atoms with Crippen LogP contribution in [0.15, 0.2) is 164 Å². The third-order valence-corrected chi connectivity index (χ3v) is 6.17. The predicted molar refractivity (Wildman–Crippen MR) is 175 cm³/mol. The number of hydrogen-bond donors (Lipinski definition) is 2. The number of rotatable bonds is 10. The Morgan fingerprint density at radius 2 is 0.826 bits per heavy atom. The first kappa shape index (κ1) is 30.5. The Labute approximate surface area is 261 Å². The molecule has 5 aromatic rings. The van der Waals surface area contributed by atoms with E-state index < -0.39 is 9.85 Å². The number of nitrogens with zero attached hydrogens (tertiary/aromatic N) is 8. The Morgan fingerprint density at radius 3 is 1.15 bits per heavy atom. The number of nitro groups is 2. The first-order valence-corrected chi connectivity index (χ1v) is 13.7. The Bertz CT molecular complexity index is 1770. The van der Waals surface area contributed by atoms with Crippen molar-refractivity contribution in [2.45, 2.75) is 0 Å². The minimum absolute atomic E-state index is 0.0564. The Kier molecular flexibility index (Phi) is 9.93. The normalized spacial score (nSPS) is 11.9. The molecule has 0 saturated carbocycles. The standard InChI is InChI=1S/C32H24N10O4/c43-41(44)29-19-15-27(16-20-29)35-39-31(37-33-25-7-3-1-4-8-25)23-11-13-24(14-12-23)32(38-34-26-9-5-2-6-10-26)40-36-28-17-21-30(22-18-28)42(45)46/h1-22,33-34H. The molecule has 14 heteroatoms. The third-order valence-electron chi connectivity index (χ3n) is 6.17. The number of nitro benzene ring substituents is 2. The van der Waals surface area contributed by atoms with Crippen molar-refractivity contribution in [1.29, 1.82) is 0 Å². The summed E-state index contributed by atoms with van der Waals surface area (Å²) in [6, 6.07) is 37.0. The maximum atomic E-state index is 11.0. The van der Waals surface area contributed by atoms with E-state index in [1.165, 1.54) is 48.5 Å². The topological polar surface area (TPSA) is 185 Å². The molecule has 0 atom stereocenters. The van der Waals surface area contributed by atoms with E-state index in [1.807, 2.05) is 60.7 Å². The maximum Gasteiger partial charge on any atom is 0.269 e. The molecule has 0 aliphatic heterocycles. The molecule has 0 aromatic heterocycles. The predicted octanol–water partition coefficient (Wildman–Crippen LogP) is 8.62. The van der Waals surface area contributed by atoms with Gasteiger partial charge in [0.2, 0.25) is 11.7 Å². The van der Waals surface area contributed by atoms with Gasteiger partial charge in [0.15, 0.2) is 0 Å². The summed E-state index contributed by atoms with van der Waals surface area (Å²) >= 11 is 0. The van der Waals surface area contributed by atoms with Crippen LogP contribution in [0.25, 0.3) is 0 Å². The molecule has 0 fully saturated rings. The number of benzene rings is 5. The minimum atomic E-state index is -0.489. The van der Waals surface area contributed by atoms with Gasteiger partial charge in [-0.1, -0.05) is 60.7 Å². The maximum absolute atomic E-state index is 11.0. The summed E-state index contributed by atoms with van der Waals surface area (Å²) in [5, 5.41) is 47.9. The highest BCUT2D eigenvalue weighted by molar-refractivity contribution is 6.03. The van der Waals surface area contributed by atoms with E-state index in [2.05, 4.69) is 41.5 Å². The van der Waals surface area contributed by atoms with Gasteiger partial charge in [0.25, 0.3) is 11.4 Å². The zero-order valence-electron chi connectivity index (χ0n) is 23.9. The molecule has 2 N–H and O–H groups in total. The molecule has 0 aliphatic carbocycles. The molecule has 5 aromatic carbocycles. The molecule has 226 valence electrons. The average molecular weight is 613 g/mol. The first-order chi connectivity index (χ1) is 22.4. The van der Waals surface area contributed by atoms with Gasteiger partial charge in [0.05, 0.1) is 32.6 Å². The lowest BCUT2D eigenvalue weighted by Crippen LogP contribution is -2.04. The highest BCUT2D eigenvalue weighted by atomic mass is 16.6. The van der Waals surface area contributed by atoms with Crippen LogP contribution in [0.1, 0.15) is 11.1 Å². The van der Waals surface area contributed by atoms with E-state index in [-0.39, 0.29) is 23.0 Å². The lowest BCUT2D eigenvalue weighted by molar-refractivity contribution is -0.385. The van der Waals surface area contributed by atoms with E-state index in [1.54, 1.807) is 24.3 Å². The summed E-state index contributed by atoms with van der Waals surface area (Å²) in [6.45, 7) is 0. The van der Waals surface area contributed by atoms with Gasteiger partial charge in [-0.25, -0.2) is 0 Å². The number of hydrogen-bond acceptors (Lipinski definition) is 10. The van der Waals surface area contributed by atoms with Crippen molar-refractivity contribution in [3.8, 4) is 0 Å². The molecule has 46 heavy (non-hydrogen) atoms.